The molecule has 1 unspecified atom stereocenters. The van der Waals surface area contributed by atoms with Crippen molar-refractivity contribution in [2.24, 2.45) is 5.92 Å². The molecule has 0 saturated carbocycles. The van der Waals surface area contributed by atoms with E-state index >= 15 is 0 Å². The maximum absolute atomic E-state index is 9.86. The first-order chi connectivity index (χ1) is 8.06. The van der Waals surface area contributed by atoms with Gasteiger partial charge in [0.25, 0.3) is 0 Å². The van der Waals surface area contributed by atoms with Crippen LogP contribution < -0.4 is 4.74 Å². The molecule has 0 saturated heterocycles. The summed E-state index contributed by atoms with van der Waals surface area (Å²) >= 11 is 0. The molecular formula is C14H23NO2. The fraction of sp³-hybridized carbons (Fsp3) is 0.571. The van der Waals surface area contributed by atoms with E-state index in [1.54, 1.807) is 13.2 Å². The first-order valence-corrected chi connectivity index (χ1v) is 6.11. The van der Waals surface area contributed by atoms with Crippen molar-refractivity contribution in [3.63, 3.8) is 0 Å². The zero-order chi connectivity index (χ0) is 12.8. The largest absolute Gasteiger partial charge is 0.507 e. The quantitative estimate of drug-likeness (QED) is 0.825. The first kappa shape index (κ1) is 13.8. The summed E-state index contributed by atoms with van der Waals surface area (Å²) in [6, 6.07) is 5.46. The number of phenols is 1. The fourth-order valence-corrected chi connectivity index (χ4v) is 1.82. The summed E-state index contributed by atoms with van der Waals surface area (Å²) in [5, 5.41) is 9.86. The van der Waals surface area contributed by atoms with Gasteiger partial charge in [-0.3, -0.25) is 0 Å². The van der Waals surface area contributed by atoms with Crippen LogP contribution in [-0.2, 0) is 6.54 Å². The summed E-state index contributed by atoms with van der Waals surface area (Å²) in [7, 11) is 3.68. The van der Waals surface area contributed by atoms with Crippen LogP contribution in [0.1, 0.15) is 25.8 Å². The van der Waals surface area contributed by atoms with E-state index in [1.165, 1.54) is 6.42 Å². The van der Waals surface area contributed by atoms with Crippen LogP contribution in [0.25, 0.3) is 0 Å². The van der Waals surface area contributed by atoms with Crippen molar-refractivity contribution in [3.05, 3.63) is 23.8 Å². The number of rotatable bonds is 6. The van der Waals surface area contributed by atoms with Gasteiger partial charge in [-0.15, -0.1) is 0 Å². The molecular weight excluding hydrogens is 214 g/mol. The number of benzene rings is 1. The van der Waals surface area contributed by atoms with Gasteiger partial charge in [-0.1, -0.05) is 26.3 Å². The number of aromatic hydroxyl groups is 1. The van der Waals surface area contributed by atoms with Gasteiger partial charge >= 0.3 is 0 Å². The molecule has 0 radical (unpaired) electrons. The van der Waals surface area contributed by atoms with Crippen LogP contribution in [0.4, 0.5) is 0 Å². The highest BCUT2D eigenvalue weighted by molar-refractivity contribution is 5.39. The monoisotopic (exact) mass is 237 g/mol. The van der Waals surface area contributed by atoms with Crippen LogP contribution in [0.5, 0.6) is 11.5 Å². The third kappa shape index (κ3) is 4.27. The number of ether oxygens (including phenoxy) is 1. The van der Waals surface area contributed by atoms with Crippen molar-refractivity contribution in [2.75, 3.05) is 20.7 Å². The molecule has 0 amide bonds. The maximum atomic E-state index is 9.86. The summed E-state index contributed by atoms with van der Waals surface area (Å²) in [6.07, 6.45) is 1.18. The summed E-state index contributed by atoms with van der Waals surface area (Å²) in [4.78, 5) is 2.23. The van der Waals surface area contributed by atoms with Crippen LogP contribution in [0.15, 0.2) is 18.2 Å². The topological polar surface area (TPSA) is 32.7 Å². The molecule has 96 valence electrons. The predicted octanol–water partition coefficient (Wildman–Crippen LogP) is 2.88. The Morgan fingerprint density at radius 2 is 2.12 bits per heavy atom. The molecule has 0 aliphatic rings. The molecule has 1 atom stereocenters. The SMILES string of the molecule is CCC(C)CN(C)Cc1ccc(OC)cc1O. The van der Waals surface area contributed by atoms with Crippen LogP contribution in [0, 0.1) is 5.92 Å². The lowest BCUT2D eigenvalue weighted by molar-refractivity contribution is 0.271. The second-order valence-corrected chi connectivity index (χ2v) is 4.70. The molecule has 1 aromatic carbocycles. The van der Waals surface area contributed by atoms with Gasteiger partial charge in [0.15, 0.2) is 0 Å². The summed E-state index contributed by atoms with van der Waals surface area (Å²) in [5.74, 6) is 1.68. The average molecular weight is 237 g/mol. The lowest BCUT2D eigenvalue weighted by atomic mass is 10.1. The smallest absolute Gasteiger partial charge is 0.123 e. The highest BCUT2D eigenvalue weighted by Gasteiger charge is 2.08. The molecule has 0 spiro atoms. The Bertz CT molecular complexity index is 352. The molecule has 0 heterocycles. The lowest BCUT2D eigenvalue weighted by Gasteiger charge is -2.21. The van der Waals surface area contributed by atoms with Crippen LogP contribution >= 0.6 is 0 Å². The highest BCUT2D eigenvalue weighted by Crippen LogP contribution is 2.24. The minimum absolute atomic E-state index is 0.306. The summed E-state index contributed by atoms with van der Waals surface area (Å²) in [6.45, 7) is 6.25. The van der Waals surface area contributed by atoms with E-state index in [0.717, 1.165) is 18.7 Å². The van der Waals surface area contributed by atoms with Crippen LogP contribution in [-0.4, -0.2) is 30.7 Å². The van der Waals surface area contributed by atoms with Gasteiger partial charge in [0, 0.05) is 24.7 Å². The Labute approximate surface area is 104 Å². The van der Waals surface area contributed by atoms with Gasteiger partial charge < -0.3 is 14.7 Å². The first-order valence-electron chi connectivity index (χ1n) is 6.11. The van der Waals surface area contributed by atoms with Gasteiger partial charge in [-0.2, -0.15) is 0 Å². The Morgan fingerprint density at radius 1 is 1.41 bits per heavy atom. The van der Waals surface area contributed by atoms with Crippen molar-refractivity contribution < 1.29 is 9.84 Å². The molecule has 1 aromatic rings. The molecule has 0 aromatic heterocycles. The highest BCUT2D eigenvalue weighted by atomic mass is 16.5. The summed E-state index contributed by atoms with van der Waals surface area (Å²) in [5.41, 5.74) is 0.941. The number of methoxy groups -OCH3 is 1. The minimum atomic E-state index is 0.306. The molecule has 0 aliphatic carbocycles. The van der Waals surface area contributed by atoms with Crippen molar-refractivity contribution in [1.82, 2.24) is 4.90 Å². The minimum Gasteiger partial charge on any atom is -0.507 e. The second kappa shape index (κ2) is 6.50. The number of phenolic OH excluding ortho intramolecular Hbond substituents is 1. The van der Waals surface area contributed by atoms with Crippen LogP contribution in [0.2, 0.25) is 0 Å². The van der Waals surface area contributed by atoms with E-state index in [2.05, 4.69) is 25.8 Å². The van der Waals surface area contributed by atoms with Gasteiger partial charge in [0.1, 0.15) is 11.5 Å². The van der Waals surface area contributed by atoms with E-state index in [-0.39, 0.29) is 0 Å². The van der Waals surface area contributed by atoms with Crippen molar-refractivity contribution in [2.45, 2.75) is 26.8 Å². The molecule has 17 heavy (non-hydrogen) atoms. The fourth-order valence-electron chi connectivity index (χ4n) is 1.82. The summed E-state index contributed by atoms with van der Waals surface area (Å²) < 4.78 is 5.06. The third-order valence-corrected chi connectivity index (χ3v) is 3.05. The molecule has 3 heteroatoms. The zero-order valence-corrected chi connectivity index (χ0v) is 11.2. The molecule has 0 aliphatic heterocycles. The molecule has 3 nitrogen and oxygen atoms in total. The Kier molecular flexibility index (Phi) is 5.29. The lowest BCUT2D eigenvalue weighted by Crippen LogP contribution is -2.23. The molecule has 1 N–H and O–H groups in total. The predicted molar refractivity (Wildman–Crippen MR) is 70.4 cm³/mol. The Hall–Kier alpha value is -1.22. The van der Waals surface area contributed by atoms with Gasteiger partial charge in [-0.05, 0) is 19.0 Å². The number of hydrogen-bond donors (Lipinski definition) is 1. The molecule has 0 bridgehead atoms. The van der Waals surface area contributed by atoms with Crippen molar-refractivity contribution in [1.29, 1.82) is 0 Å². The van der Waals surface area contributed by atoms with Crippen LogP contribution in [0.3, 0.4) is 0 Å². The maximum Gasteiger partial charge on any atom is 0.123 e. The third-order valence-electron chi connectivity index (χ3n) is 3.05. The van der Waals surface area contributed by atoms with Crippen molar-refractivity contribution >= 4 is 0 Å². The van der Waals surface area contributed by atoms with E-state index < -0.39 is 0 Å². The second-order valence-electron chi connectivity index (χ2n) is 4.70. The van der Waals surface area contributed by atoms with E-state index in [0.29, 0.717) is 17.4 Å². The Morgan fingerprint density at radius 3 is 2.65 bits per heavy atom. The van der Waals surface area contributed by atoms with E-state index in [9.17, 15) is 5.11 Å². The standard InChI is InChI=1S/C14H23NO2/c1-5-11(2)9-15(3)10-12-6-7-13(17-4)8-14(12)16/h6-8,11,16H,5,9-10H2,1-4H3. The van der Waals surface area contributed by atoms with Gasteiger partial charge in [0.05, 0.1) is 7.11 Å². The zero-order valence-electron chi connectivity index (χ0n) is 11.2. The molecule has 1 rings (SSSR count). The normalized spacial score (nSPS) is 12.8. The van der Waals surface area contributed by atoms with Crippen molar-refractivity contribution in [3.8, 4) is 11.5 Å². The van der Waals surface area contributed by atoms with Gasteiger partial charge in [-0.25, -0.2) is 0 Å². The Balaban J connectivity index is 2.62. The van der Waals surface area contributed by atoms with E-state index in [4.69, 9.17) is 4.74 Å². The molecule has 0 fully saturated rings. The number of nitrogens with zero attached hydrogens (tertiary/aromatic N) is 1. The average Bonchev–Trinajstić information content (AvgIpc) is 2.31. The van der Waals surface area contributed by atoms with Gasteiger partial charge in [0.2, 0.25) is 0 Å². The number of hydrogen-bond acceptors (Lipinski definition) is 3. The van der Waals surface area contributed by atoms with E-state index in [1.807, 2.05) is 12.1 Å².